The zero-order valence-electron chi connectivity index (χ0n) is 13.0. The van der Waals surface area contributed by atoms with Crippen LogP contribution in [0.2, 0.25) is 0 Å². The average molecular weight is 294 g/mol. The fraction of sp³-hybridized carbons (Fsp3) is 0.533. The minimum atomic E-state index is -0.747. The van der Waals surface area contributed by atoms with Crippen LogP contribution in [-0.2, 0) is 9.53 Å². The first-order valence-electron chi connectivity index (χ1n) is 6.82. The lowest BCUT2D eigenvalue weighted by Gasteiger charge is -2.26. The van der Waals surface area contributed by atoms with Gasteiger partial charge in [-0.1, -0.05) is 13.8 Å². The van der Waals surface area contributed by atoms with E-state index in [1.165, 1.54) is 18.3 Å². The fourth-order valence-electron chi connectivity index (χ4n) is 1.64. The van der Waals surface area contributed by atoms with Crippen LogP contribution in [0, 0.1) is 5.92 Å². The van der Waals surface area contributed by atoms with E-state index in [0.717, 1.165) is 0 Å². The molecular formula is C15H22N2O4. The van der Waals surface area contributed by atoms with Gasteiger partial charge in [-0.15, -0.1) is 0 Å². The number of H-pyrrole nitrogens is 1. The standard InChI is InChI=1S/C15H22N2O4/c1-9(2)12(14(20)21-15(3,4)5)17-13(19)10-6-7-11(18)16-8-10/h6-9,12H,1-5H3,(H,16,18)(H,17,19)/t12-/m1/s1. The highest BCUT2D eigenvalue weighted by molar-refractivity contribution is 5.96. The number of aromatic amines is 1. The summed E-state index contributed by atoms with van der Waals surface area (Å²) in [7, 11) is 0. The molecule has 0 aliphatic heterocycles. The predicted octanol–water partition coefficient (Wildman–Crippen LogP) is 1.47. The summed E-state index contributed by atoms with van der Waals surface area (Å²) in [5, 5.41) is 2.64. The molecule has 6 nitrogen and oxygen atoms in total. The molecule has 0 aliphatic rings. The van der Waals surface area contributed by atoms with Crippen LogP contribution in [0.15, 0.2) is 23.1 Å². The number of ether oxygens (including phenoxy) is 1. The first-order chi connectivity index (χ1) is 9.60. The Morgan fingerprint density at radius 3 is 2.29 bits per heavy atom. The van der Waals surface area contributed by atoms with E-state index in [0.29, 0.717) is 0 Å². The van der Waals surface area contributed by atoms with Crippen molar-refractivity contribution in [2.24, 2.45) is 5.92 Å². The Morgan fingerprint density at radius 2 is 1.86 bits per heavy atom. The van der Waals surface area contributed by atoms with Crippen molar-refractivity contribution < 1.29 is 14.3 Å². The Balaban J connectivity index is 2.83. The third kappa shape index (κ3) is 5.41. The Morgan fingerprint density at radius 1 is 1.24 bits per heavy atom. The van der Waals surface area contributed by atoms with Crippen molar-refractivity contribution in [3.05, 3.63) is 34.2 Å². The van der Waals surface area contributed by atoms with Crippen LogP contribution in [0.5, 0.6) is 0 Å². The van der Waals surface area contributed by atoms with Gasteiger partial charge in [0.2, 0.25) is 5.56 Å². The van der Waals surface area contributed by atoms with Gasteiger partial charge in [0.05, 0.1) is 5.56 Å². The van der Waals surface area contributed by atoms with Crippen molar-refractivity contribution >= 4 is 11.9 Å². The number of pyridine rings is 1. The number of esters is 1. The highest BCUT2D eigenvalue weighted by atomic mass is 16.6. The van der Waals surface area contributed by atoms with Gasteiger partial charge >= 0.3 is 5.97 Å². The third-order valence-electron chi connectivity index (χ3n) is 2.66. The second kappa shape index (κ2) is 6.56. The molecule has 21 heavy (non-hydrogen) atoms. The lowest BCUT2D eigenvalue weighted by atomic mass is 10.0. The average Bonchev–Trinajstić information content (AvgIpc) is 2.33. The summed E-state index contributed by atoms with van der Waals surface area (Å²) >= 11 is 0. The zero-order chi connectivity index (χ0) is 16.2. The van der Waals surface area contributed by atoms with E-state index in [1.54, 1.807) is 20.8 Å². The molecule has 1 rings (SSSR count). The molecule has 0 saturated heterocycles. The smallest absolute Gasteiger partial charge is 0.329 e. The minimum Gasteiger partial charge on any atom is -0.458 e. The molecule has 116 valence electrons. The Kier molecular flexibility index (Phi) is 5.29. The molecule has 0 bridgehead atoms. The van der Waals surface area contributed by atoms with Gasteiger partial charge in [-0.05, 0) is 32.8 Å². The number of hydrogen-bond acceptors (Lipinski definition) is 4. The molecule has 1 aromatic heterocycles. The first-order valence-corrected chi connectivity index (χ1v) is 6.82. The van der Waals surface area contributed by atoms with Crippen LogP contribution in [-0.4, -0.2) is 28.5 Å². The van der Waals surface area contributed by atoms with Gasteiger partial charge in [0.25, 0.3) is 5.91 Å². The molecule has 0 spiro atoms. The van der Waals surface area contributed by atoms with Gasteiger partial charge in [0.15, 0.2) is 0 Å². The highest BCUT2D eigenvalue weighted by Gasteiger charge is 2.29. The van der Waals surface area contributed by atoms with Gasteiger partial charge in [0.1, 0.15) is 11.6 Å². The topological polar surface area (TPSA) is 88.3 Å². The molecule has 0 aromatic carbocycles. The quantitative estimate of drug-likeness (QED) is 0.823. The number of carbonyl (C=O) groups excluding carboxylic acids is 2. The van der Waals surface area contributed by atoms with Gasteiger partial charge in [0, 0.05) is 12.3 Å². The van der Waals surface area contributed by atoms with Gasteiger partial charge in [-0.25, -0.2) is 4.79 Å². The van der Waals surface area contributed by atoms with E-state index < -0.39 is 23.5 Å². The predicted molar refractivity (Wildman–Crippen MR) is 79.0 cm³/mol. The normalized spacial score (nSPS) is 12.9. The fourth-order valence-corrected chi connectivity index (χ4v) is 1.64. The molecule has 1 atom stereocenters. The summed E-state index contributed by atoms with van der Waals surface area (Å²) in [5.41, 5.74) is -0.629. The SMILES string of the molecule is CC(C)[C@@H](NC(=O)c1ccc(=O)[nH]c1)C(=O)OC(C)(C)C. The molecule has 2 N–H and O–H groups in total. The van der Waals surface area contributed by atoms with Crippen molar-refractivity contribution in [3.63, 3.8) is 0 Å². The monoisotopic (exact) mass is 294 g/mol. The van der Waals surface area contributed by atoms with Crippen molar-refractivity contribution in [1.29, 1.82) is 0 Å². The summed E-state index contributed by atoms with van der Waals surface area (Å²) in [6.45, 7) is 8.95. The summed E-state index contributed by atoms with van der Waals surface area (Å²) in [4.78, 5) is 37.6. The summed E-state index contributed by atoms with van der Waals surface area (Å²) in [6.07, 6.45) is 1.31. The summed E-state index contributed by atoms with van der Waals surface area (Å²) in [5.74, 6) is -1.03. The number of aromatic nitrogens is 1. The maximum absolute atomic E-state index is 12.1. The lowest BCUT2D eigenvalue weighted by Crippen LogP contribution is -2.47. The van der Waals surface area contributed by atoms with E-state index in [1.807, 2.05) is 13.8 Å². The van der Waals surface area contributed by atoms with Gasteiger partial charge < -0.3 is 15.0 Å². The molecule has 6 heteroatoms. The Hall–Kier alpha value is -2.11. The molecule has 1 amide bonds. The number of rotatable bonds is 4. The second-order valence-corrected chi connectivity index (χ2v) is 6.17. The molecular weight excluding hydrogens is 272 g/mol. The van der Waals surface area contributed by atoms with E-state index in [4.69, 9.17) is 4.74 Å². The summed E-state index contributed by atoms with van der Waals surface area (Å²) < 4.78 is 5.31. The van der Waals surface area contributed by atoms with Crippen molar-refractivity contribution in [3.8, 4) is 0 Å². The second-order valence-electron chi connectivity index (χ2n) is 6.17. The molecule has 0 unspecified atom stereocenters. The van der Waals surface area contributed by atoms with E-state index in [2.05, 4.69) is 10.3 Å². The van der Waals surface area contributed by atoms with Crippen LogP contribution < -0.4 is 10.9 Å². The number of nitrogens with one attached hydrogen (secondary N) is 2. The van der Waals surface area contributed by atoms with Crippen LogP contribution in [0.1, 0.15) is 45.0 Å². The lowest BCUT2D eigenvalue weighted by molar-refractivity contribution is -0.158. The molecule has 0 saturated carbocycles. The minimum absolute atomic E-state index is 0.119. The molecule has 0 radical (unpaired) electrons. The van der Waals surface area contributed by atoms with Crippen molar-refractivity contribution in [1.82, 2.24) is 10.3 Å². The first kappa shape index (κ1) is 16.9. The van der Waals surface area contributed by atoms with E-state index in [9.17, 15) is 14.4 Å². The van der Waals surface area contributed by atoms with Crippen LogP contribution in [0.4, 0.5) is 0 Å². The number of carbonyl (C=O) groups is 2. The zero-order valence-corrected chi connectivity index (χ0v) is 13.0. The largest absolute Gasteiger partial charge is 0.458 e. The summed E-state index contributed by atoms with van der Waals surface area (Å²) in [6, 6.07) is 1.91. The van der Waals surface area contributed by atoms with Gasteiger partial charge in [-0.3, -0.25) is 9.59 Å². The highest BCUT2D eigenvalue weighted by Crippen LogP contribution is 2.12. The molecule has 0 fully saturated rings. The van der Waals surface area contributed by atoms with E-state index in [-0.39, 0.29) is 17.0 Å². The number of amides is 1. The van der Waals surface area contributed by atoms with Crippen LogP contribution >= 0.6 is 0 Å². The third-order valence-corrected chi connectivity index (χ3v) is 2.66. The van der Waals surface area contributed by atoms with E-state index >= 15 is 0 Å². The van der Waals surface area contributed by atoms with Gasteiger partial charge in [-0.2, -0.15) is 0 Å². The maximum Gasteiger partial charge on any atom is 0.329 e. The van der Waals surface area contributed by atoms with Crippen molar-refractivity contribution in [2.45, 2.75) is 46.3 Å². The Labute approximate surface area is 123 Å². The molecule has 0 aliphatic carbocycles. The van der Waals surface area contributed by atoms with Crippen LogP contribution in [0.3, 0.4) is 0 Å². The molecule has 1 aromatic rings. The maximum atomic E-state index is 12.1. The van der Waals surface area contributed by atoms with Crippen molar-refractivity contribution in [2.75, 3.05) is 0 Å². The molecule has 1 heterocycles. The Bertz CT molecular complexity index is 549. The number of hydrogen-bond donors (Lipinski definition) is 2. The van der Waals surface area contributed by atoms with Crippen LogP contribution in [0.25, 0.3) is 0 Å².